The van der Waals surface area contributed by atoms with Gasteiger partial charge in [0.1, 0.15) is 18.2 Å². The van der Waals surface area contributed by atoms with Crippen LogP contribution in [-0.4, -0.2) is 36.6 Å². The summed E-state index contributed by atoms with van der Waals surface area (Å²) in [5.74, 6) is -2.56. The molecule has 0 atom stereocenters. The van der Waals surface area contributed by atoms with E-state index in [1.54, 1.807) is 24.3 Å². The zero-order valence-electron chi connectivity index (χ0n) is 11.6. The van der Waals surface area contributed by atoms with Crippen LogP contribution in [0.25, 0.3) is 0 Å². The molecular weight excluding hydrogens is 290 g/mol. The monoisotopic (exact) mass is 303 g/mol. The van der Waals surface area contributed by atoms with Gasteiger partial charge in [0.25, 0.3) is 5.91 Å². The summed E-state index contributed by atoms with van der Waals surface area (Å²) >= 11 is 0. The number of nitriles is 1. The fourth-order valence-electron chi connectivity index (χ4n) is 1.41. The van der Waals surface area contributed by atoms with Crippen molar-refractivity contribution in [2.24, 2.45) is 0 Å². The van der Waals surface area contributed by atoms with E-state index in [1.807, 2.05) is 0 Å². The molecule has 0 heterocycles. The minimum Gasteiger partial charge on any atom is -0.480 e. The van der Waals surface area contributed by atoms with Crippen molar-refractivity contribution in [3.8, 4) is 6.07 Å². The van der Waals surface area contributed by atoms with Gasteiger partial charge in [-0.3, -0.25) is 9.59 Å². The number of rotatable bonds is 6. The predicted octanol–water partition coefficient (Wildman–Crippen LogP) is 0.493. The van der Waals surface area contributed by atoms with Crippen molar-refractivity contribution in [3.63, 3.8) is 0 Å². The lowest BCUT2D eigenvalue weighted by atomic mass is 10.2. The van der Waals surface area contributed by atoms with E-state index in [2.05, 4.69) is 15.4 Å². The smallest absolute Gasteiger partial charge is 0.337 e. The molecule has 0 aromatic heterocycles. The summed E-state index contributed by atoms with van der Waals surface area (Å²) in [4.78, 5) is 33.3. The first-order valence-corrected chi connectivity index (χ1v) is 6.03. The van der Waals surface area contributed by atoms with Crippen molar-refractivity contribution < 1.29 is 24.2 Å². The number of carboxylic acids is 1. The molecule has 0 unspecified atom stereocenters. The number of esters is 1. The lowest BCUT2D eigenvalue weighted by molar-refractivity contribution is -0.137. The van der Waals surface area contributed by atoms with E-state index in [1.165, 1.54) is 13.2 Å². The number of nitrogens with zero attached hydrogens (tertiary/aromatic N) is 1. The van der Waals surface area contributed by atoms with Crippen LogP contribution in [0, 0.1) is 11.3 Å². The molecule has 1 aromatic carbocycles. The number of amides is 1. The Morgan fingerprint density at radius 1 is 1.41 bits per heavy atom. The Morgan fingerprint density at radius 3 is 2.73 bits per heavy atom. The van der Waals surface area contributed by atoms with Crippen LogP contribution >= 0.6 is 0 Å². The average molecular weight is 303 g/mol. The molecule has 8 nitrogen and oxygen atoms in total. The zero-order chi connectivity index (χ0) is 16.5. The summed E-state index contributed by atoms with van der Waals surface area (Å²) in [5, 5.41) is 22.1. The molecule has 114 valence electrons. The highest BCUT2D eigenvalue weighted by molar-refractivity contribution is 5.98. The maximum absolute atomic E-state index is 11.5. The van der Waals surface area contributed by atoms with Gasteiger partial charge in [0.05, 0.1) is 12.7 Å². The molecule has 0 bridgehead atoms. The number of carbonyl (C=O) groups is 3. The van der Waals surface area contributed by atoms with Crippen molar-refractivity contribution in [1.82, 2.24) is 5.32 Å². The Balaban J connectivity index is 2.80. The van der Waals surface area contributed by atoms with Crippen molar-refractivity contribution in [3.05, 3.63) is 41.6 Å². The number of nitrogens with one attached hydrogen (secondary N) is 2. The van der Waals surface area contributed by atoms with Crippen molar-refractivity contribution in [2.45, 2.75) is 0 Å². The molecule has 8 heteroatoms. The maximum atomic E-state index is 11.5. The second kappa shape index (κ2) is 8.06. The molecule has 0 aliphatic rings. The largest absolute Gasteiger partial charge is 0.480 e. The van der Waals surface area contributed by atoms with Gasteiger partial charge in [0.2, 0.25) is 0 Å². The van der Waals surface area contributed by atoms with Crippen LogP contribution in [0.2, 0.25) is 0 Å². The normalized spacial score (nSPS) is 10.3. The molecule has 3 N–H and O–H groups in total. The van der Waals surface area contributed by atoms with Crippen LogP contribution in [0.4, 0.5) is 5.69 Å². The van der Waals surface area contributed by atoms with Gasteiger partial charge in [-0.1, -0.05) is 6.07 Å². The Kier molecular flexibility index (Phi) is 6.12. The van der Waals surface area contributed by atoms with E-state index >= 15 is 0 Å². The van der Waals surface area contributed by atoms with Gasteiger partial charge < -0.3 is 20.5 Å². The molecule has 1 rings (SSSR count). The van der Waals surface area contributed by atoms with E-state index in [0.29, 0.717) is 11.3 Å². The number of ether oxygens (including phenoxy) is 1. The van der Waals surface area contributed by atoms with Gasteiger partial charge in [-0.2, -0.15) is 5.26 Å². The van der Waals surface area contributed by atoms with Crippen LogP contribution in [0.5, 0.6) is 0 Å². The molecule has 0 radical (unpaired) electrons. The number of carbonyl (C=O) groups excluding carboxylic acids is 2. The predicted molar refractivity (Wildman–Crippen MR) is 75.7 cm³/mol. The van der Waals surface area contributed by atoms with Gasteiger partial charge in [0, 0.05) is 11.9 Å². The zero-order valence-corrected chi connectivity index (χ0v) is 11.6. The third kappa shape index (κ3) is 4.97. The first kappa shape index (κ1) is 16.7. The molecule has 1 aromatic rings. The standard InChI is InChI=1S/C14H13N3O5/c1-22-14(21)9-3-2-4-11(5-9)16-7-10(6-15)13(20)17-8-12(18)19/h2-5,7,16H,8H2,1H3,(H,17,20)(H,18,19)/b10-7-. The molecule has 0 spiro atoms. The SMILES string of the molecule is COC(=O)c1cccc(N/C=C(/C#N)C(=O)NCC(=O)O)c1. The van der Waals surface area contributed by atoms with Crippen LogP contribution in [0.15, 0.2) is 36.0 Å². The highest BCUT2D eigenvalue weighted by Gasteiger charge is 2.10. The summed E-state index contributed by atoms with van der Waals surface area (Å²) in [6.45, 7) is -0.588. The summed E-state index contributed by atoms with van der Waals surface area (Å²) in [6, 6.07) is 7.89. The van der Waals surface area contributed by atoms with Crippen molar-refractivity contribution in [2.75, 3.05) is 19.0 Å². The molecule has 0 aliphatic carbocycles. The number of hydrogen-bond donors (Lipinski definition) is 3. The molecule has 0 saturated heterocycles. The fraction of sp³-hybridized carbons (Fsp3) is 0.143. The highest BCUT2D eigenvalue weighted by atomic mass is 16.5. The molecule has 1 amide bonds. The lowest BCUT2D eigenvalue weighted by Crippen LogP contribution is -2.30. The van der Waals surface area contributed by atoms with Gasteiger partial charge in [0.15, 0.2) is 0 Å². The summed E-state index contributed by atoms with van der Waals surface area (Å²) in [6.07, 6.45) is 1.12. The number of hydrogen-bond acceptors (Lipinski definition) is 6. The summed E-state index contributed by atoms with van der Waals surface area (Å²) in [5.41, 5.74) is 0.459. The number of carboxylic acid groups (broad SMARTS) is 1. The Morgan fingerprint density at radius 2 is 2.14 bits per heavy atom. The van der Waals surface area contributed by atoms with Crippen LogP contribution < -0.4 is 10.6 Å². The topological polar surface area (TPSA) is 129 Å². The second-order valence-corrected chi connectivity index (χ2v) is 3.96. The van der Waals surface area contributed by atoms with Gasteiger partial charge >= 0.3 is 11.9 Å². The second-order valence-electron chi connectivity index (χ2n) is 3.96. The fourth-order valence-corrected chi connectivity index (χ4v) is 1.41. The van der Waals surface area contributed by atoms with Gasteiger partial charge in [-0.25, -0.2) is 4.79 Å². The minimum absolute atomic E-state index is 0.301. The first-order chi connectivity index (χ1) is 10.5. The minimum atomic E-state index is -1.22. The molecular formula is C14H13N3O5. The summed E-state index contributed by atoms with van der Waals surface area (Å²) < 4.78 is 4.58. The van der Waals surface area contributed by atoms with Crippen LogP contribution in [-0.2, 0) is 14.3 Å². The number of aliphatic carboxylic acids is 1. The Bertz CT molecular complexity index is 661. The number of anilines is 1. The van der Waals surface area contributed by atoms with Crippen LogP contribution in [0.1, 0.15) is 10.4 Å². The first-order valence-electron chi connectivity index (χ1n) is 6.03. The van der Waals surface area contributed by atoms with E-state index in [9.17, 15) is 14.4 Å². The molecule has 0 aliphatic heterocycles. The van der Waals surface area contributed by atoms with Crippen molar-refractivity contribution >= 4 is 23.5 Å². The van der Waals surface area contributed by atoms with E-state index in [-0.39, 0.29) is 5.57 Å². The average Bonchev–Trinajstić information content (AvgIpc) is 2.52. The highest BCUT2D eigenvalue weighted by Crippen LogP contribution is 2.12. The maximum Gasteiger partial charge on any atom is 0.337 e. The molecule has 0 saturated carbocycles. The lowest BCUT2D eigenvalue weighted by Gasteiger charge is -2.05. The number of benzene rings is 1. The summed E-state index contributed by atoms with van der Waals surface area (Å²) in [7, 11) is 1.25. The van der Waals surface area contributed by atoms with E-state index in [0.717, 1.165) is 6.20 Å². The van der Waals surface area contributed by atoms with Gasteiger partial charge in [-0.15, -0.1) is 0 Å². The van der Waals surface area contributed by atoms with Crippen LogP contribution in [0.3, 0.4) is 0 Å². The Hall–Kier alpha value is -3.34. The van der Waals surface area contributed by atoms with Gasteiger partial charge in [-0.05, 0) is 18.2 Å². The van der Waals surface area contributed by atoms with Crippen molar-refractivity contribution in [1.29, 1.82) is 5.26 Å². The third-order valence-electron chi connectivity index (χ3n) is 2.43. The van der Waals surface area contributed by atoms with E-state index in [4.69, 9.17) is 10.4 Å². The van der Waals surface area contributed by atoms with E-state index < -0.39 is 24.4 Å². The molecule has 0 fully saturated rings. The third-order valence-corrected chi connectivity index (χ3v) is 2.43. The quantitative estimate of drug-likeness (QED) is 0.396. The molecule has 22 heavy (non-hydrogen) atoms. The Labute approximate surface area is 126 Å². The number of methoxy groups -OCH3 is 1.